The molecular weight excluding hydrogens is 468 g/mol. The number of carbonyl (C=O) groups excluding carboxylic acids is 1. The van der Waals surface area contributed by atoms with Gasteiger partial charge in [0.05, 0.1) is 23.3 Å². The van der Waals surface area contributed by atoms with Crippen LogP contribution in [0.25, 0.3) is 5.65 Å². The average Bonchev–Trinajstić information content (AvgIpc) is 3.47. The van der Waals surface area contributed by atoms with Crippen LogP contribution in [0.15, 0.2) is 83.6 Å². The summed E-state index contributed by atoms with van der Waals surface area (Å²) in [5.41, 5.74) is 4.10. The van der Waals surface area contributed by atoms with Gasteiger partial charge in [0.1, 0.15) is 5.69 Å². The van der Waals surface area contributed by atoms with Crippen LogP contribution >= 0.6 is 15.9 Å². The van der Waals surface area contributed by atoms with Crippen LogP contribution in [-0.2, 0) is 4.84 Å². The zero-order valence-electron chi connectivity index (χ0n) is 17.0. The van der Waals surface area contributed by atoms with Gasteiger partial charge in [-0.15, -0.1) is 0 Å². The summed E-state index contributed by atoms with van der Waals surface area (Å²) in [6, 6.07) is 20.8. The number of nitrogens with one attached hydrogen (secondary N) is 1. The number of fused-ring (bicyclic) bond motifs is 1. The minimum Gasteiger partial charge on any atom is -0.306 e. The number of hydroxylamine groups is 2. The van der Waals surface area contributed by atoms with E-state index in [1.54, 1.807) is 6.20 Å². The Morgan fingerprint density at radius 1 is 1.09 bits per heavy atom. The van der Waals surface area contributed by atoms with Gasteiger partial charge in [-0.25, -0.2) is 9.78 Å². The Morgan fingerprint density at radius 2 is 1.97 bits per heavy atom. The molecule has 4 aromatic rings. The molecule has 1 aliphatic rings. The van der Waals surface area contributed by atoms with E-state index in [0.29, 0.717) is 12.3 Å². The van der Waals surface area contributed by atoms with E-state index in [0.717, 1.165) is 33.4 Å². The number of amides is 2. The topological polar surface area (TPSA) is 58.9 Å². The summed E-state index contributed by atoms with van der Waals surface area (Å²) < 4.78 is 2.84. The molecule has 1 aliphatic heterocycles. The Hall–Kier alpha value is -3.60. The van der Waals surface area contributed by atoms with Crippen molar-refractivity contribution in [3.05, 3.63) is 100 Å². The molecule has 5 rings (SSSR count). The van der Waals surface area contributed by atoms with Crippen LogP contribution in [0.1, 0.15) is 29.3 Å². The number of rotatable bonds is 2. The van der Waals surface area contributed by atoms with Gasteiger partial charge >= 0.3 is 6.03 Å². The minimum absolute atomic E-state index is 0.103. The van der Waals surface area contributed by atoms with Crippen molar-refractivity contribution in [2.24, 2.45) is 0 Å². The van der Waals surface area contributed by atoms with Gasteiger partial charge in [-0.05, 0) is 57.7 Å². The summed E-state index contributed by atoms with van der Waals surface area (Å²) in [6.07, 6.45) is 4.43. The molecule has 0 radical (unpaired) electrons. The molecule has 1 N–H and O–H groups in total. The fourth-order valence-electron chi connectivity index (χ4n) is 3.71. The fraction of sp³-hybridized carbons (Fsp3) is 0.120. The van der Waals surface area contributed by atoms with Crippen LogP contribution in [0, 0.1) is 11.8 Å². The maximum absolute atomic E-state index is 12.9. The van der Waals surface area contributed by atoms with Gasteiger partial charge in [0.25, 0.3) is 0 Å². The van der Waals surface area contributed by atoms with Crippen LogP contribution in [0.4, 0.5) is 10.5 Å². The second-order valence-corrected chi connectivity index (χ2v) is 8.18. The summed E-state index contributed by atoms with van der Waals surface area (Å²) in [5.74, 6) is 6.31. The second kappa shape index (κ2) is 8.87. The van der Waals surface area contributed by atoms with Crippen molar-refractivity contribution in [1.82, 2.24) is 14.4 Å². The molecule has 1 saturated heterocycles. The highest BCUT2D eigenvalue weighted by Crippen LogP contribution is 2.30. The lowest BCUT2D eigenvalue weighted by Gasteiger charge is -2.23. The third-order valence-electron chi connectivity index (χ3n) is 5.23. The number of benzene rings is 2. The molecule has 1 fully saturated rings. The number of halogens is 1. The van der Waals surface area contributed by atoms with Crippen LogP contribution in [0.5, 0.6) is 0 Å². The fourth-order valence-corrected chi connectivity index (χ4v) is 4.15. The van der Waals surface area contributed by atoms with Crippen molar-refractivity contribution >= 4 is 33.3 Å². The Balaban J connectivity index is 1.33. The molecular formula is C25H19BrN4O2. The lowest BCUT2D eigenvalue weighted by molar-refractivity contribution is -0.0829. The van der Waals surface area contributed by atoms with Gasteiger partial charge < -0.3 is 5.32 Å². The van der Waals surface area contributed by atoms with Gasteiger partial charge in [-0.1, -0.05) is 42.3 Å². The number of carbonyl (C=O) groups is 1. The summed E-state index contributed by atoms with van der Waals surface area (Å²) in [5, 5.41) is 4.35. The van der Waals surface area contributed by atoms with Gasteiger partial charge in [0.2, 0.25) is 0 Å². The zero-order valence-corrected chi connectivity index (χ0v) is 18.6. The molecule has 2 amide bonds. The number of pyridine rings is 1. The highest BCUT2D eigenvalue weighted by molar-refractivity contribution is 9.10. The predicted molar refractivity (Wildman–Crippen MR) is 126 cm³/mol. The number of anilines is 1. The first kappa shape index (κ1) is 20.3. The van der Waals surface area contributed by atoms with Gasteiger partial charge in [-0.3, -0.25) is 9.24 Å². The third kappa shape index (κ3) is 4.11. The van der Waals surface area contributed by atoms with Crippen molar-refractivity contribution < 1.29 is 9.63 Å². The van der Waals surface area contributed by atoms with E-state index in [4.69, 9.17) is 4.84 Å². The monoisotopic (exact) mass is 486 g/mol. The SMILES string of the molecule is O=C(Nc1cccc(C#Cc2cnc3c(Br)cccn23)c1)N1OCC[C@H]1c1ccccc1. The molecule has 1 atom stereocenters. The molecule has 3 heterocycles. The smallest absolute Gasteiger partial charge is 0.306 e. The van der Waals surface area contributed by atoms with E-state index in [2.05, 4.69) is 38.1 Å². The highest BCUT2D eigenvalue weighted by atomic mass is 79.9. The Morgan fingerprint density at radius 3 is 2.84 bits per heavy atom. The van der Waals surface area contributed by atoms with E-state index in [1.165, 1.54) is 5.06 Å². The summed E-state index contributed by atoms with van der Waals surface area (Å²) in [4.78, 5) is 22.9. The van der Waals surface area contributed by atoms with Crippen molar-refractivity contribution in [1.29, 1.82) is 0 Å². The lowest BCUT2D eigenvalue weighted by atomic mass is 10.1. The molecule has 32 heavy (non-hydrogen) atoms. The van der Waals surface area contributed by atoms with Crippen LogP contribution in [-0.4, -0.2) is 27.1 Å². The van der Waals surface area contributed by atoms with Crippen molar-refractivity contribution in [3.8, 4) is 11.8 Å². The van der Waals surface area contributed by atoms with Crippen LogP contribution < -0.4 is 5.32 Å². The van der Waals surface area contributed by atoms with Crippen molar-refractivity contribution in [3.63, 3.8) is 0 Å². The lowest BCUT2D eigenvalue weighted by Crippen LogP contribution is -2.33. The number of imidazole rings is 1. The van der Waals surface area contributed by atoms with E-state index < -0.39 is 0 Å². The highest BCUT2D eigenvalue weighted by Gasteiger charge is 2.31. The molecule has 2 aromatic carbocycles. The molecule has 158 valence electrons. The Kier molecular flexibility index (Phi) is 5.63. The number of aromatic nitrogens is 2. The van der Waals surface area contributed by atoms with Gasteiger partial charge in [0.15, 0.2) is 5.65 Å². The van der Waals surface area contributed by atoms with E-state index in [-0.39, 0.29) is 12.1 Å². The van der Waals surface area contributed by atoms with Gasteiger partial charge in [-0.2, -0.15) is 5.06 Å². The van der Waals surface area contributed by atoms with E-state index in [1.807, 2.05) is 77.3 Å². The first-order valence-electron chi connectivity index (χ1n) is 10.2. The normalized spacial score (nSPS) is 15.4. The van der Waals surface area contributed by atoms with Crippen LogP contribution in [0.2, 0.25) is 0 Å². The molecule has 2 aromatic heterocycles. The standard InChI is InChI=1S/C25H19BrN4O2/c26-22-10-5-14-29-21(17-27-24(22)29)12-11-18-6-4-9-20(16-18)28-25(31)30-23(13-15-32-30)19-7-2-1-3-8-19/h1-10,14,16-17,23H,13,15H2,(H,28,31)/t23-/m0/s1. The first-order valence-corrected chi connectivity index (χ1v) is 11.0. The number of nitrogens with zero attached hydrogens (tertiary/aromatic N) is 3. The summed E-state index contributed by atoms with van der Waals surface area (Å²) in [6.45, 7) is 0.508. The zero-order chi connectivity index (χ0) is 21.9. The Labute approximate surface area is 193 Å². The maximum Gasteiger partial charge on any atom is 0.346 e. The quantitative estimate of drug-likeness (QED) is 0.385. The van der Waals surface area contributed by atoms with Crippen molar-refractivity contribution in [2.45, 2.75) is 12.5 Å². The molecule has 6 nitrogen and oxygen atoms in total. The molecule has 0 aliphatic carbocycles. The first-order chi connectivity index (χ1) is 15.7. The molecule has 0 bridgehead atoms. The number of hydrogen-bond donors (Lipinski definition) is 1. The van der Waals surface area contributed by atoms with E-state index >= 15 is 0 Å². The third-order valence-corrected chi connectivity index (χ3v) is 5.85. The van der Waals surface area contributed by atoms with Crippen LogP contribution in [0.3, 0.4) is 0 Å². The molecule has 7 heteroatoms. The average molecular weight is 487 g/mol. The molecule has 0 saturated carbocycles. The minimum atomic E-state index is -0.298. The number of urea groups is 1. The Bertz CT molecular complexity index is 1340. The van der Waals surface area contributed by atoms with Crippen molar-refractivity contribution in [2.75, 3.05) is 11.9 Å². The molecule has 0 unspecified atom stereocenters. The predicted octanol–water partition coefficient (Wildman–Crippen LogP) is 5.41. The summed E-state index contributed by atoms with van der Waals surface area (Å²) >= 11 is 3.50. The largest absolute Gasteiger partial charge is 0.346 e. The van der Waals surface area contributed by atoms with Gasteiger partial charge in [0, 0.05) is 23.9 Å². The van der Waals surface area contributed by atoms with E-state index in [9.17, 15) is 4.79 Å². The second-order valence-electron chi connectivity index (χ2n) is 7.33. The summed E-state index contributed by atoms with van der Waals surface area (Å²) in [7, 11) is 0. The maximum atomic E-state index is 12.9. The molecule has 0 spiro atoms. The number of hydrogen-bond acceptors (Lipinski definition) is 3.